The van der Waals surface area contributed by atoms with Crippen LogP contribution in [-0.4, -0.2) is 16.7 Å². The Morgan fingerprint density at radius 2 is 2.21 bits per heavy atom. The topological polar surface area (TPSA) is 40.7 Å². The Balaban J connectivity index is 0.000000750. The zero-order chi connectivity index (χ0) is 8.67. The summed E-state index contributed by atoms with van der Waals surface area (Å²) in [5.41, 5.74) is 4.03. The molecule has 1 aromatic heterocycles. The third-order valence-corrected chi connectivity index (χ3v) is 2.70. The van der Waals surface area contributed by atoms with Crippen molar-refractivity contribution in [1.29, 1.82) is 0 Å². The molecule has 1 aliphatic heterocycles. The Morgan fingerprint density at radius 1 is 1.29 bits per heavy atom. The van der Waals surface area contributed by atoms with Crippen LogP contribution in [-0.2, 0) is 13.0 Å². The summed E-state index contributed by atoms with van der Waals surface area (Å²) < 4.78 is 0. The van der Waals surface area contributed by atoms with Crippen molar-refractivity contribution >= 4 is 23.3 Å². The minimum Gasteiger partial charge on any atom is -0.312 e. The molecule has 74 valence electrons. The molecule has 0 fully saturated rings. The molecule has 0 spiro atoms. The van der Waals surface area contributed by atoms with Crippen molar-refractivity contribution in [3.8, 4) is 0 Å². The molecule has 0 amide bonds. The molecule has 0 saturated carbocycles. The van der Waals surface area contributed by atoms with Gasteiger partial charge >= 0.3 is 0 Å². The SMILES string of the molecule is Cl.c1cc2[nH]ncc2c2c1CNCC2. The summed E-state index contributed by atoms with van der Waals surface area (Å²) in [5, 5.41) is 11.7. The van der Waals surface area contributed by atoms with E-state index in [9.17, 15) is 0 Å². The van der Waals surface area contributed by atoms with Gasteiger partial charge in [-0.1, -0.05) is 6.07 Å². The lowest BCUT2D eigenvalue weighted by Crippen LogP contribution is -2.23. The molecule has 0 radical (unpaired) electrons. The predicted molar refractivity (Wildman–Crippen MR) is 58.8 cm³/mol. The van der Waals surface area contributed by atoms with E-state index in [4.69, 9.17) is 0 Å². The second-order valence-corrected chi connectivity index (χ2v) is 3.46. The van der Waals surface area contributed by atoms with Gasteiger partial charge in [0.2, 0.25) is 0 Å². The number of nitrogens with zero attached hydrogens (tertiary/aromatic N) is 1. The molecular weight excluding hydrogens is 198 g/mol. The Morgan fingerprint density at radius 3 is 3.14 bits per heavy atom. The van der Waals surface area contributed by atoms with Crippen LogP contribution in [0.5, 0.6) is 0 Å². The summed E-state index contributed by atoms with van der Waals surface area (Å²) in [6, 6.07) is 4.29. The molecule has 0 atom stereocenters. The number of benzene rings is 1. The van der Waals surface area contributed by atoms with E-state index < -0.39 is 0 Å². The average Bonchev–Trinajstić information content (AvgIpc) is 2.65. The zero-order valence-corrected chi connectivity index (χ0v) is 8.53. The van der Waals surface area contributed by atoms with Gasteiger partial charge in [0.25, 0.3) is 0 Å². The fourth-order valence-corrected chi connectivity index (χ4v) is 2.02. The number of aromatic nitrogens is 2. The van der Waals surface area contributed by atoms with E-state index in [-0.39, 0.29) is 12.4 Å². The third-order valence-electron chi connectivity index (χ3n) is 2.70. The molecule has 2 aromatic rings. The fourth-order valence-electron chi connectivity index (χ4n) is 2.02. The normalized spacial score (nSPS) is 14.9. The Kier molecular flexibility index (Phi) is 2.44. The average molecular weight is 210 g/mol. The maximum Gasteiger partial charge on any atom is 0.0653 e. The highest BCUT2D eigenvalue weighted by molar-refractivity contribution is 5.85. The van der Waals surface area contributed by atoms with E-state index in [1.54, 1.807) is 0 Å². The molecule has 2 heterocycles. The number of rotatable bonds is 0. The van der Waals surface area contributed by atoms with Gasteiger partial charge in [0, 0.05) is 11.9 Å². The van der Waals surface area contributed by atoms with Gasteiger partial charge < -0.3 is 5.32 Å². The second kappa shape index (κ2) is 3.59. The van der Waals surface area contributed by atoms with Crippen molar-refractivity contribution < 1.29 is 0 Å². The fraction of sp³-hybridized carbons (Fsp3) is 0.300. The van der Waals surface area contributed by atoms with Crippen LogP contribution in [0.15, 0.2) is 18.3 Å². The van der Waals surface area contributed by atoms with Gasteiger partial charge in [0.15, 0.2) is 0 Å². The standard InChI is InChI=1S/C10H11N3.ClH/c1-2-10-9(6-12-13-10)8-3-4-11-5-7(1)8;/h1-2,6,11H,3-5H2,(H,12,13);1H. The lowest BCUT2D eigenvalue weighted by Gasteiger charge is -2.17. The Bertz CT molecular complexity index is 450. The van der Waals surface area contributed by atoms with Crippen LogP contribution in [0.3, 0.4) is 0 Å². The van der Waals surface area contributed by atoms with Gasteiger partial charge in [-0.2, -0.15) is 5.10 Å². The first kappa shape index (κ1) is 9.49. The van der Waals surface area contributed by atoms with Crippen LogP contribution in [0.2, 0.25) is 0 Å². The Labute approximate surface area is 88.3 Å². The minimum atomic E-state index is 0. The monoisotopic (exact) mass is 209 g/mol. The summed E-state index contributed by atoms with van der Waals surface area (Å²) in [4.78, 5) is 0. The third kappa shape index (κ3) is 1.29. The van der Waals surface area contributed by atoms with Crippen LogP contribution in [0.1, 0.15) is 11.1 Å². The number of nitrogens with one attached hydrogen (secondary N) is 2. The highest BCUT2D eigenvalue weighted by Crippen LogP contribution is 2.22. The summed E-state index contributed by atoms with van der Waals surface area (Å²) >= 11 is 0. The van der Waals surface area contributed by atoms with Crippen molar-refractivity contribution in [3.05, 3.63) is 29.5 Å². The van der Waals surface area contributed by atoms with Crippen molar-refractivity contribution in [1.82, 2.24) is 15.5 Å². The van der Waals surface area contributed by atoms with E-state index >= 15 is 0 Å². The summed E-state index contributed by atoms with van der Waals surface area (Å²) in [5.74, 6) is 0. The first-order valence-electron chi connectivity index (χ1n) is 4.60. The number of fused-ring (bicyclic) bond motifs is 3. The smallest absolute Gasteiger partial charge is 0.0653 e. The predicted octanol–water partition coefficient (Wildman–Crippen LogP) is 1.63. The van der Waals surface area contributed by atoms with E-state index in [1.165, 1.54) is 16.5 Å². The van der Waals surface area contributed by atoms with Crippen molar-refractivity contribution in [2.45, 2.75) is 13.0 Å². The molecule has 0 unspecified atom stereocenters. The number of halogens is 1. The second-order valence-electron chi connectivity index (χ2n) is 3.46. The van der Waals surface area contributed by atoms with E-state index in [0.717, 1.165) is 25.0 Å². The van der Waals surface area contributed by atoms with Crippen LogP contribution in [0.25, 0.3) is 10.9 Å². The first-order chi connectivity index (χ1) is 6.45. The summed E-state index contributed by atoms with van der Waals surface area (Å²) in [6.07, 6.45) is 3.05. The molecule has 14 heavy (non-hydrogen) atoms. The molecular formula is C10H12ClN3. The van der Waals surface area contributed by atoms with Gasteiger partial charge in [0.05, 0.1) is 11.7 Å². The number of H-pyrrole nitrogens is 1. The molecule has 2 N–H and O–H groups in total. The largest absolute Gasteiger partial charge is 0.312 e. The quantitative estimate of drug-likeness (QED) is 0.693. The molecule has 0 saturated heterocycles. The van der Waals surface area contributed by atoms with Crippen molar-refractivity contribution in [2.75, 3.05) is 6.54 Å². The highest BCUT2D eigenvalue weighted by atomic mass is 35.5. The van der Waals surface area contributed by atoms with Crippen LogP contribution in [0.4, 0.5) is 0 Å². The molecule has 4 heteroatoms. The molecule has 1 aliphatic rings. The lowest BCUT2D eigenvalue weighted by molar-refractivity contribution is 0.647. The van der Waals surface area contributed by atoms with Crippen molar-refractivity contribution in [2.24, 2.45) is 0 Å². The summed E-state index contributed by atoms with van der Waals surface area (Å²) in [6.45, 7) is 2.08. The molecule has 3 rings (SSSR count). The van der Waals surface area contributed by atoms with Gasteiger partial charge in [-0.15, -0.1) is 12.4 Å². The maximum absolute atomic E-state index is 4.06. The van der Waals surface area contributed by atoms with Crippen molar-refractivity contribution in [3.63, 3.8) is 0 Å². The van der Waals surface area contributed by atoms with Gasteiger partial charge in [-0.3, -0.25) is 5.10 Å². The minimum absolute atomic E-state index is 0. The maximum atomic E-state index is 4.06. The van der Waals surface area contributed by atoms with Crippen LogP contribution >= 0.6 is 12.4 Å². The molecule has 0 bridgehead atoms. The first-order valence-corrected chi connectivity index (χ1v) is 4.60. The molecule has 1 aromatic carbocycles. The highest BCUT2D eigenvalue weighted by Gasteiger charge is 2.11. The van der Waals surface area contributed by atoms with Crippen LogP contribution in [0, 0.1) is 0 Å². The number of hydrogen-bond acceptors (Lipinski definition) is 2. The lowest BCUT2D eigenvalue weighted by atomic mass is 9.98. The van der Waals surface area contributed by atoms with E-state index in [1.807, 2.05) is 6.20 Å². The van der Waals surface area contributed by atoms with E-state index in [0.29, 0.717) is 0 Å². The van der Waals surface area contributed by atoms with E-state index in [2.05, 4.69) is 27.6 Å². The van der Waals surface area contributed by atoms with Gasteiger partial charge in [-0.05, 0) is 30.2 Å². The summed E-state index contributed by atoms with van der Waals surface area (Å²) in [7, 11) is 0. The van der Waals surface area contributed by atoms with Gasteiger partial charge in [-0.25, -0.2) is 0 Å². The molecule has 0 aliphatic carbocycles. The van der Waals surface area contributed by atoms with Crippen LogP contribution < -0.4 is 5.32 Å². The zero-order valence-electron chi connectivity index (χ0n) is 7.71. The number of hydrogen-bond donors (Lipinski definition) is 2. The van der Waals surface area contributed by atoms with Gasteiger partial charge in [0.1, 0.15) is 0 Å². The number of aromatic amines is 1. The molecule has 3 nitrogen and oxygen atoms in total. The Hall–Kier alpha value is -1.06.